The van der Waals surface area contributed by atoms with Crippen molar-refractivity contribution >= 4 is 38.6 Å². The molecule has 0 saturated heterocycles. The third-order valence-corrected chi connectivity index (χ3v) is 9.21. The molecule has 3 unspecified atom stereocenters. The number of carbonyl (C=O) groups excluding carboxylic acids is 2. The van der Waals surface area contributed by atoms with Crippen LogP contribution in [0.3, 0.4) is 0 Å². The highest BCUT2D eigenvalue weighted by molar-refractivity contribution is 9.09. The molecule has 4 nitrogen and oxygen atoms in total. The minimum absolute atomic E-state index is 0.0654. The van der Waals surface area contributed by atoms with Crippen LogP contribution in [0.15, 0.2) is 36.4 Å². The van der Waals surface area contributed by atoms with E-state index in [2.05, 4.69) is 36.7 Å². The molecule has 0 aliphatic heterocycles. The van der Waals surface area contributed by atoms with Gasteiger partial charge in [-0.2, -0.15) is 0 Å². The van der Waals surface area contributed by atoms with Gasteiger partial charge in [0, 0.05) is 10.2 Å². The van der Waals surface area contributed by atoms with Crippen molar-refractivity contribution in [1.29, 1.82) is 0 Å². The summed E-state index contributed by atoms with van der Waals surface area (Å²) in [7, 11) is 1.33. The Kier molecular flexibility index (Phi) is 3.97. The maximum absolute atomic E-state index is 13.4. The van der Waals surface area contributed by atoms with E-state index in [1.54, 1.807) is 6.07 Å². The van der Waals surface area contributed by atoms with Gasteiger partial charge in [-0.15, -0.1) is 0 Å². The van der Waals surface area contributed by atoms with Gasteiger partial charge in [-0.25, -0.2) is 4.79 Å². The van der Waals surface area contributed by atoms with E-state index in [4.69, 9.17) is 9.47 Å². The maximum atomic E-state index is 13.4. The quantitative estimate of drug-likeness (QED) is 0.385. The molecule has 3 aliphatic carbocycles. The van der Waals surface area contributed by atoms with Crippen LogP contribution in [0.5, 0.6) is 5.75 Å². The number of benzene rings is 2. The highest BCUT2D eigenvalue weighted by atomic mass is 79.9. The second-order valence-corrected chi connectivity index (χ2v) is 9.34. The molecule has 3 fully saturated rings. The first-order valence-corrected chi connectivity index (χ1v) is 10.1. The molecular formula is C22H23BrO4. The largest absolute Gasteiger partial charge is 0.465 e. The molecular weight excluding hydrogens is 408 g/mol. The number of fused-ring (bicyclic) bond motifs is 2. The van der Waals surface area contributed by atoms with Gasteiger partial charge in [0.05, 0.1) is 12.5 Å². The van der Waals surface area contributed by atoms with Crippen LogP contribution in [0.1, 0.15) is 44.0 Å². The number of rotatable bonds is 3. The van der Waals surface area contributed by atoms with Crippen LogP contribution in [0, 0.1) is 16.2 Å². The van der Waals surface area contributed by atoms with Crippen LogP contribution >= 0.6 is 15.9 Å². The minimum atomic E-state index is -0.591. The first-order valence-electron chi connectivity index (χ1n) is 9.17. The number of alkyl halides is 1. The molecule has 27 heavy (non-hydrogen) atoms. The smallest absolute Gasteiger partial charge is 0.341 e. The fourth-order valence-corrected chi connectivity index (χ4v) is 7.00. The first kappa shape index (κ1) is 18.5. The summed E-state index contributed by atoms with van der Waals surface area (Å²) in [4.78, 5) is 25.8. The van der Waals surface area contributed by atoms with Crippen molar-refractivity contribution in [2.24, 2.45) is 16.2 Å². The van der Waals surface area contributed by atoms with Crippen molar-refractivity contribution in [1.82, 2.24) is 0 Å². The predicted molar refractivity (Wildman–Crippen MR) is 107 cm³/mol. The standard InChI is InChI=1S/C22H23BrO4/c1-20(2)21(3)11-12-22(20,18(21)23)19(25)27-16-14-8-6-5-7-13(14)9-10-15(16)17(24)26-4/h5-10,18H,11-12H2,1-4H3. The van der Waals surface area contributed by atoms with Gasteiger partial charge < -0.3 is 9.47 Å². The molecule has 0 amide bonds. The number of halogens is 1. The summed E-state index contributed by atoms with van der Waals surface area (Å²) in [5, 5.41) is 1.64. The van der Waals surface area contributed by atoms with Crippen LogP contribution in [0.25, 0.3) is 10.8 Å². The Labute approximate surface area is 167 Å². The lowest BCUT2D eigenvalue weighted by molar-refractivity contribution is -0.176. The first-order chi connectivity index (χ1) is 12.7. The fourth-order valence-electron chi connectivity index (χ4n) is 5.21. The Morgan fingerprint density at radius 3 is 2.37 bits per heavy atom. The minimum Gasteiger partial charge on any atom is -0.465 e. The van der Waals surface area contributed by atoms with Crippen molar-refractivity contribution in [3.63, 3.8) is 0 Å². The normalized spacial score (nSPS) is 30.6. The number of methoxy groups -OCH3 is 1. The SMILES string of the molecule is COC(=O)c1ccc2ccccc2c1OC(=O)C12CCC(C)(C1Br)C2(C)C. The van der Waals surface area contributed by atoms with Gasteiger partial charge >= 0.3 is 11.9 Å². The van der Waals surface area contributed by atoms with Gasteiger partial charge in [-0.1, -0.05) is 67.0 Å². The molecule has 0 N–H and O–H groups in total. The summed E-state index contributed by atoms with van der Waals surface area (Å²) in [6.07, 6.45) is 1.76. The molecule has 3 atom stereocenters. The molecule has 0 heterocycles. The molecule has 2 aromatic rings. The van der Waals surface area contributed by atoms with Gasteiger partial charge in [0.1, 0.15) is 5.56 Å². The molecule has 0 aromatic heterocycles. The lowest BCUT2D eigenvalue weighted by Gasteiger charge is -2.63. The number of hydrogen-bond donors (Lipinski definition) is 0. The summed E-state index contributed by atoms with van der Waals surface area (Å²) >= 11 is 3.77. The lowest BCUT2D eigenvalue weighted by atomic mass is 9.43. The highest BCUT2D eigenvalue weighted by Gasteiger charge is 2.81. The number of ether oxygens (including phenoxy) is 2. The third kappa shape index (κ3) is 2.09. The van der Waals surface area contributed by atoms with E-state index < -0.39 is 11.4 Å². The topological polar surface area (TPSA) is 52.6 Å². The Bertz CT molecular complexity index is 966. The van der Waals surface area contributed by atoms with Gasteiger partial charge in [0.15, 0.2) is 5.75 Å². The van der Waals surface area contributed by atoms with Crippen molar-refractivity contribution in [3.8, 4) is 5.75 Å². The molecule has 3 aliphatic rings. The third-order valence-electron chi connectivity index (χ3n) is 7.42. The molecule has 142 valence electrons. The van der Waals surface area contributed by atoms with E-state index in [-0.39, 0.29) is 32.9 Å². The number of hydrogen-bond acceptors (Lipinski definition) is 4. The maximum Gasteiger partial charge on any atom is 0.341 e. The number of carbonyl (C=O) groups is 2. The summed E-state index contributed by atoms with van der Waals surface area (Å²) in [6.45, 7) is 6.51. The van der Waals surface area contributed by atoms with Gasteiger partial charge in [0.25, 0.3) is 0 Å². The summed E-state index contributed by atoms with van der Waals surface area (Å²) < 4.78 is 10.9. The van der Waals surface area contributed by atoms with E-state index in [1.165, 1.54) is 7.11 Å². The van der Waals surface area contributed by atoms with Crippen molar-refractivity contribution < 1.29 is 19.1 Å². The Morgan fingerprint density at radius 1 is 1.07 bits per heavy atom. The van der Waals surface area contributed by atoms with Crippen molar-refractivity contribution in [2.45, 2.75) is 38.4 Å². The molecule has 3 saturated carbocycles. The van der Waals surface area contributed by atoms with Crippen LogP contribution in [0.2, 0.25) is 0 Å². The van der Waals surface area contributed by atoms with Crippen molar-refractivity contribution in [2.75, 3.05) is 7.11 Å². The van der Waals surface area contributed by atoms with E-state index >= 15 is 0 Å². The molecule has 5 heteroatoms. The zero-order valence-electron chi connectivity index (χ0n) is 16.0. The van der Waals surface area contributed by atoms with Crippen LogP contribution in [0.4, 0.5) is 0 Å². The van der Waals surface area contributed by atoms with Crippen LogP contribution in [-0.2, 0) is 9.53 Å². The Balaban J connectivity index is 1.80. The van der Waals surface area contributed by atoms with E-state index in [1.807, 2.05) is 30.3 Å². The van der Waals surface area contributed by atoms with Crippen molar-refractivity contribution in [3.05, 3.63) is 42.0 Å². The lowest BCUT2D eigenvalue weighted by Crippen LogP contribution is -2.68. The Morgan fingerprint density at radius 2 is 1.78 bits per heavy atom. The van der Waals surface area contributed by atoms with Gasteiger partial charge in [0.2, 0.25) is 0 Å². The number of esters is 2. The summed E-state index contributed by atoms with van der Waals surface area (Å²) in [5.41, 5.74) is -0.437. The van der Waals surface area contributed by atoms with E-state index in [0.29, 0.717) is 0 Å². The van der Waals surface area contributed by atoms with Gasteiger partial charge in [-0.05, 0) is 35.1 Å². The summed E-state index contributed by atoms with van der Waals surface area (Å²) in [6, 6.07) is 11.1. The van der Waals surface area contributed by atoms with Crippen LogP contribution in [-0.4, -0.2) is 23.9 Å². The fraction of sp³-hybridized carbons (Fsp3) is 0.455. The second kappa shape index (κ2) is 5.81. The molecule has 2 aromatic carbocycles. The van der Waals surface area contributed by atoms with Gasteiger partial charge in [-0.3, -0.25) is 4.79 Å². The van der Waals surface area contributed by atoms with E-state index in [9.17, 15) is 9.59 Å². The predicted octanol–water partition coefficient (Wildman–Crippen LogP) is 5.12. The molecule has 0 radical (unpaired) electrons. The van der Waals surface area contributed by atoms with Crippen LogP contribution < -0.4 is 4.74 Å². The second-order valence-electron chi connectivity index (χ2n) is 8.42. The molecule has 2 bridgehead atoms. The zero-order chi connectivity index (χ0) is 19.6. The highest BCUT2D eigenvalue weighted by Crippen LogP contribution is 2.80. The average Bonchev–Trinajstić information content (AvgIpc) is 3.08. The zero-order valence-corrected chi connectivity index (χ0v) is 17.6. The average molecular weight is 431 g/mol. The molecule has 0 spiro atoms. The summed E-state index contributed by atoms with van der Waals surface area (Å²) in [5.74, 6) is -0.498. The Hall–Kier alpha value is -1.88. The monoisotopic (exact) mass is 430 g/mol. The van der Waals surface area contributed by atoms with E-state index in [0.717, 1.165) is 23.6 Å². The molecule has 5 rings (SSSR count).